The fourth-order valence-corrected chi connectivity index (χ4v) is 2.24. The molecule has 4 nitrogen and oxygen atoms in total. The normalized spacial score (nSPS) is 11.6. The van der Waals surface area contributed by atoms with Gasteiger partial charge in [-0.2, -0.15) is 0 Å². The Morgan fingerprint density at radius 1 is 1.18 bits per heavy atom. The van der Waals surface area contributed by atoms with Gasteiger partial charge >= 0.3 is 5.97 Å². The number of nitrogens with one attached hydrogen (secondary N) is 1. The Balaban J connectivity index is 1.99. The van der Waals surface area contributed by atoms with E-state index in [9.17, 15) is 14.0 Å². The lowest BCUT2D eigenvalue weighted by Crippen LogP contribution is -2.30. The molecule has 1 unspecified atom stereocenters. The third-order valence-corrected chi connectivity index (χ3v) is 3.52. The van der Waals surface area contributed by atoms with Gasteiger partial charge in [0.2, 0.25) is 0 Å². The molecule has 0 aliphatic heterocycles. The highest BCUT2D eigenvalue weighted by molar-refractivity contribution is 14.1. The molecular weight excluding hydrogens is 400 g/mol. The lowest BCUT2D eigenvalue weighted by atomic mass is 10.2. The predicted molar refractivity (Wildman–Crippen MR) is 89.1 cm³/mol. The molecule has 0 aromatic heterocycles. The van der Waals surface area contributed by atoms with Gasteiger partial charge in [0.15, 0.2) is 6.10 Å². The van der Waals surface area contributed by atoms with Gasteiger partial charge in [-0.25, -0.2) is 9.18 Å². The molecule has 0 fully saturated rings. The van der Waals surface area contributed by atoms with E-state index in [1.807, 2.05) is 6.07 Å². The van der Waals surface area contributed by atoms with Crippen molar-refractivity contribution in [2.45, 2.75) is 13.0 Å². The maximum atomic E-state index is 13.5. The molecule has 0 saturated carbocycles. The molecular formula is C16H13FINO3. The van der Waals surface area contributed by atoms with Crippen molar-refractivity contribution in [3.05, 3.63) is 63.5 Å². The van der Waals surface area contributed by atoms with Crippen LogP contribution in [0.15, 0.2) is 48.5 Å². The first-order valence-electron chi connectivity index (χ1n) is 6.49. The fourth-order valence-electron chi connectivity index (χ4n) is 1.69. The summed E-state index contributed by atoms with van der Waals surface area (Å²) in [5.41, 5.74) is 0.405. The molecule has 2 rings (SSSR count). The van der Waals surface area contributed by atoms with Crippen molar-refractivity contribution in [3.63, 3.8) is 0 Å². The number of carbonyl (C=O) groups is 2. The molecule has 1 N–H and O–H groups in total. The zero-order valence-corrected chi connectivity index (χ0v) is 13.8. The molecule has 0 aliphatic carbocycles. The van der Waals surface area contributed by atoms with Crippen molar-refractivity contribution >= 4 is 40.2 Å². The number of hydrogen-bond donors (Lipinski definition) is 1. The maximum absolute atomic E-state index is 13.5. The van der Waals surface area contributed by atoms with Gasteiger partial charge in [-0.05, 0) is 59.8 Å². The van der Waals surface area contributed by atoms with Crippen molar-refractivity contribution in [2.75, 3.05) is 5.32 Å². The second-order valence-corrected chi connectivity index (χ2v) is 5.77. The lowest BCUT2D eigenvalue weighted by molar-refractivity contribution is -0.123. The average molecular weight is 413 g/mol. The summed E-state index contributed by atoms with van der Waals surface area (Å²) in [5, 5.41) is 2.39. The van der Waals surface area contributed by atoms with Gasteiger partial charge in [0.1, 0.15) is 5.82 Å². The van der Waals surface area contributed by atoms with E-state index in [1.54, 1.807) is 24.3 Å². The quantitative estimate of drug-likeness (QED) is 0.616. The third-order valence-electron chi connectivity index (χ3n) is 2.85. The fraction of sp³-hybridized carbons (Fsp3) is 0.125. The smallest absolute Gasteiger partial charge is 0.338 e. The van der Waals surface area contributed by atoms with Gasteiger partial charge in [-0.15, -0.1) is 0 Å². The van der Waals surface area contributed by atoms with E-state index in [2.05, 4.69) is 27.9 Å². The summed E-state index contributed by atoms with van der Waals surface area (Å²) in [6.07, 6.45) is -1.04. The Morgan fingerprint density at radius 3 is 2.59 bits per heavy atom. The number of halogens is 2. The summed E-state index contributed by atoms with van der Waals surface area (Å²) in [6, 6.07) is 12.6. The van der Waals surface area contributed by atoms with E-state index in [4.69, 9.17) is 4.74 Å². The van der Waals surface area contributed by atoms with Crippen LogP contribution in [0.1, 0.15) is 17.3 Å². The average Bonchev–Trinajstić information content (AvgIpc) is 2.49. The van der Waals surface area contributed by atoms with Crippen molar-refractivity contribution in [1.82, 2.24) is 0 Å². The summed E-state index contributed by atoms with van der Waals surface area (Å²) in [4.78, 5) is 23.9. The van der Waals surface area contributed by atoms with Crippen LogP contribution in [0.25, 0.3) is 0 Å². The molecule has 22 heavy (non-hydrogen) atoms. The molecule has 0 spiro atoms. The number of anilines is 1. The minimum absolute atomic E-state index is 0.0460. The second-order valence-electron chi connectivity index (χ2n) is 4.53. The lowest BCUT2D eigenvalue weighted by Gasteiger charge is -2.14. The van der Waals surface area contributed by atoms with Crippen LogP contribution >= 0.6 is 22.6 Å². The van der Waals surface area contributed by atoms with Crippen molar-refractivity contribution in [1.29, 1.82) is 0 Å². The van der Waals surface area contributed by atoms with Crippen LogP contribution in [0.5, 0.6) is 0 Å². The van der Waals surface area contributed by atoms with Crippen LogP contribution in [0.3, 0.4) is 0 Å². The highest BCUT2D eigenvalue weighted by Crippen LogP contribution is 2.14. The molecule has 1 atom stereocenters. The molecule has 6 heteroatoms. The Labute approximate surface area is 140 Å². The van der Waals surface area contributed by atoms with E-state index in [0.717, 1.165) is 3.57 Å². The van der Waals surface area contributed by atoms with Gasteiger partial charge in [0.05, 0.1) is 11.3 Å². The summed E-state index contributed by atoms with van der Waals surface area (Å²) >= 11 is 2.08. The molecule has 0 radical (unpaired) electrons. The second kappa shape index (κ2) is 7.35. The van der Waals surface area contributed by atoms with Crippen LogP contribution in [0.4, 0.5) is 10.1 Å². The van der Waals surface area contributed by atoms with Gasteiger partial charge < -0.3 is 10.1 Å². The van der Waals surface area contributed by atoms with Crippen molar-refractivity contribution in [2.24, 2.45) is 0 Å². The van der Waals surface area contributed by atoms with Gasteiger partial charge in [0, 0.05) is 3.57 Å². The number of carbonyl (C=O) groups excluding carboxylic acids is 2. The van der Waals surface area contributed by atoms with E-state index in [-0.39, 0.29) is 5.69 Å². The van der Waals surface area contributed by atoms with Crippen LogP contribution in [0.2, 0.25) is 0 Å². The zero-order valence-electron chi connectivity index (χ0n) is 11.7. The number of hydrogen-bond acceptors (Lipinski definition) is 3. The van der Waals surface area contributed by atoms with E-state index in [0.29, 0.717) is 5.56 Å². The first-order chi connectivity index (χ1) is 10.5. The summed E-state index contributed by atoms with van der Waals surface area (Å²) in [5.74, 6) is -1.74. The van der Waals surface area contributed by atoms with E-state index >= 15 is 0 Å². The standard InChI is InChI=1S/C16H13FINO3/c1-10(15(20)19-14-8-3-2-7-13(14)17)22-16(21)11-5-4-6-12(18)9-11/h2-10H,1H3,(H,19,20). The summed E-state index contributed by atoms with van der Waals surface area (Å²) in [6.45, 7) is 1.43. The minimum atomic E-state index is -1.04. The molecule has 1 amide bonds. The monoisotopic (exact) mass is 413 g/mol. The Kier molecular flexibility index (Phi) is 5.48. The number of ether oxygens (including phenoxy) is 1. The summed E-state index contributed by atoms with van der Waals surface area (Å²) in [7, 11) is 0. The molecule has 0 bridgehead atoms. The topological polar surface area (TPSA) is 55.4 Å². The SMILES string of the molecule is CC(OC(=O)c1cccc(I)c1)C(=O)Nc1ccccc1F. The number of amides is 1. The van der Waals surface area contributed by atoms with Crippen molar-refractivity contribution in [3.8, 4) is 0 Å². The van der Waals surface area contributed by atoms with Gasteiger partial charge in [0.25, 0.3) is 5.91 Å². The number of para-hydroxylation sites is 1. The van der Waals surface area contributed by atoms with Crippen LogP contribution < -0.4 is 5.32 Å². The number of esters is 1. The number of benzene rings is 2. The van der Waals surface area contributed by atoms with E-state index < -0.39 is 23.8 Å². The molecule has 0 aliphatic rings. The predicted octanol–water partition coefficient (Wildman–Crippen LogP) is 3.61. The first-order valence-corrected chi connectivity index (χ1v) is 7.57. The molecule has 2 aromatic carbocycles. The Morgan fingerprint density at radius 2 is 1.91 bits per heavy atom. The van der Waals surface area contributed by atoms with E-state index in [1.165, 1.54) is 25.1 Å². The van der Waals surface area contributed by atoms with Gasteiger partial charge in [-0.1, -0.05) is 18.2 Å². The number of rotatable bonds is 4. The highest BCUT2D eigenvalue weighted by atomic mass is 127. The zero-order chi connectivity index (χ0) is 16.1. The van der Waals surface area contributed by atoms with Crippen LogP contribution in [-0.4, -0.2) is 18.0 Å². The third kappa shape index (κ3) is 4.27. The molecule has 114 valence electrons. The first kappa shape index (κ1) is 16.4. The maximum Gasteiger partial charge on any atom is 0.338 e. The highest BCUT2D eigenvalue weighted by Gasteiger charge is 2.20. The largest absolute Gasteiger partial charge is 0.449 e. The molecule has 0 saturated heterocycles. The molecule has 2 aromatic rings. The Bertz CT molecular complexity index is 705. The van der Waals surface area contributed by atoms with Crippen LogP contribution in [-0.2, 0) is 9.53 Å². The van der Waals surface area contributed by atoms with Crippen molar-refractivity contribution < 1.29 is 18.7 Å². The minimum Gasteiger partial charge on any atom is -0.449 e. The summed E-state index contributed by atoms with van der Waals surface area (Å²) < 4.78 is 19.4. The molecule has 0 heterocycles. The Hall–Kier alpha value is -1.96. The van der Waals surface area contributed by atoms with Gasteiger partial charge in [-0.3, -0.25) is 4.79 Å². The van der Waals surface area contributed by atoms with Crippen LogP contribution in [0, 0.1) is 9.39 Å².